The highest BCUT2D eigenvalue weighted by atomic mass is 16.5. The Bertz CT molecular complexity index is 789. The molecule has 0 aromatic rings. The van der Waals surface area contributed by atoms with Gasteiger partial charge < -0.3 is 20.4 Å². The summed E-state index contributed by atoms with van der Waals surface area (Å²) in [6.07, 6.45) is 12.1. The van der Waals surface area contributed by atoms with Gasteiger partial charge in [0.2, 0.25) is 5.79 Å². The summed E-state index contributed by atoms with van der Waals surface area (Å²) >= 11 is 0. The number of rotatable bonds is 5. The van der Waals surface area contributed by atoms with Crippen LogP contribution in [0.3, 0.4) is 0 Å². The summed E-state index contributed by atoms with van der Waals surface area (Å²) in [4.78, 5) is 0. The Morgan fingerprint density at radius 3 is 2.38 bits per heavy atom. The summed E-state index contributed by atoms with van der Waals surface area (Å²) in [7, 11) is 0. The van der Waals surface area contributed by atoms with Crippen molar-refractivity contribution in [2.24, 2.45) is 35.0 Å². The molecule has 3 rings (SSSR count). The molecule has 32 heavy (non-hydrogen) atoms. The summed E-state index contributed by atoms with van der Waals surface area (Å²) in [5.74, 6) is 0.534. The lowest BCUT2D eigenvalue weighted by Gasteiger charge is -2.44. The van der Waals surface area contributed by atoms with Gasteiger partial charge >= 0.3 is 0 Å². The van der Waals surface area contributed by atoms with Gasteiger partial charge in [0.05, 0.1) is 6.10 Å². The standard InChI is InChI=1S/C28H44O4/c1-17(2)18(3)9-10-19(4)23-13-14-24-21(8-7-15-27(23,24)6)11-12-22-16-25(29)26(30)28(31,32)20(22)5/h9-12,17-19,23-26,29-32H,5,7-8,13-16H2,1-4,6H3/b10-9+,21-11+,22-12-/t18-,19+,23+,24-,25+,26?,27+/m0/s1. The predicted octanol–water partition coefficient (Wildman–Crippen LogP) is 4.90. The van der Waals surface area contributed by atoms with Crippen molar-refractivity contribution in [1.82, 2.24) is 0 Å². The molecule has 4 N–H and O–H groups in total. The SMILES string of the molecule is C=C1/C(=C\C=C2/CCC[C@]3(C)[C@@H]([C@H](C)/C=C/[C@H](C)C(C)C)CC[C@@H]23)C[C@@H](O)C(O)C1(O)O. The second-order valence-electron chi connectivity index (χ2n) is 11.3. The molecule has 0 spiro atoms. The zero-order valence-corrected chi connectivity index (χ0v) is 20.6. The second kappa shape index (κ2) is 9.58. The van der Waals surface area contributed by atoms with Crippen LogP contribution < -0.4 is 0 Å². The summed E-state index contributed by atoms with van der Waals surface area (Å²) in [6, 6.07) is 0. The molecule has 3 saturated carbocycles. The molecule has 3 fully saturated rings. The molecule has 4 nitrogen and oxygen atoms in total. The first-order chi connectivity index (χ1) is 14.9. The van der Waals surface area contributed by atoms with E-state index < -0.39 is 18.0 Å². The first kappa shape index (κ1) is 25.4. The normalized spacial score (nSPS) is 39.8. The van der Waals surface area contributed by atoms with Crippen molar-refractivity contribution in [3.05, 3.63) is 47.6 Å². The highest BCUT2D eigenvalue weighted by molar-refractivity contribution is 5.42. The second-order valence-corrected chi connectivity index (χ2v) is 11.3. The Morgan fingerprint density at radius 1 is 1.03 bits per heavy atom. The van der Waals surface area contributed by atoms with Crippen LogP contribution in [0.2, 0.25) is 0 Å². The van der Waals surface area contributed by atoms with Crippen LogP contribution in [-0.2, 0) is 0 Å². The number of aliphatic hydroxyl groups is 4. The van der Waals surface area contributed by atoms with Gasteiger partial charge in [-0.25, -0.2) is 0 Å². The molecular formula is C28H44O4. The minimum atomic E-state index is -2.49. The van der Waals surface area contributed by atoms with Gasteiger partial charge in [0.25, 0.3) is 0 Å². The molecule has 7 atom stereocenters. The van der Waals surface area contributed by atoms with Gasteiger partial charge in [-0.1, -0.05) is 71.1 Å². The van der Waals surface area contributed by atoms with Gasteiger partial charge in [0, 0.05) is 12.0 Å². The Balaban J connectivity index is 1.79. The summed E-state index contributed by atoms with van der Waals surface area (Å²) < 4.78 is 0. The molecule has 0 bridgehead atoms. The van der Waals surface area contributed by atoms with Crippen LogP contribution >= 0.6 is 0 Å². The van der Waals surface area contributed by atoms with Gasteiger partial charge in [-0.3, -0.25) is 0 Å². The number of fused-ring (bicyclic) bond motifs is 1. The van der Waals surface area contributed by atoms with Gasteiger partial charge in [-0.05, 0) is 72.7 Å². The van der Waals surface area contributed by atoms with Crippen LogP contribution in [-0.4, -0.2) is 38.4 Å². The molecule has 0 aliphatic heterocycles. The highest BCUT2D eigenvalue weighted by Gasteiger charge is 2.50. The minimum Gasteiger partial charge on any atom is -0.390 e. The van der Waals surface area contributed by atoms with Crippen molar-refractivity contribution in [3.63, 3.8) is 0 Å². The first-order valence-corrected chi connectivity index (χ1v) is 12.5. The van der Waals surface area contributed by atoms with Crippen molar-refractivity contribution in [2.75, 3.05) is 0 Å². The van der Waals surface area contributed by atoms with E-state index in [-0.39, 0.29) is 17.4 Å². The van der Waals surface area contributed by atoms with Crippen molar-refractivity contribution in [2.45, 2.75) is 91.1 Å². The van der Waals surface area contributed by atoms with E-state index in [1.807, 2.05) is 6.08 Å². The monoisotopic (exact) mass is 444 g/mol. The maximum atomic E-state index is 10.2. The Morgan fingerprint density at radius 2 is 1.72 bits per heavy atom. The van der Waals surface area contributed by atoms with E-state index in [4.69, 9.17) is 0 Å². The molecular weight excluding hydrogens is 400 g/mol. The van der Waals surface area contributed by atoms with E-state index in [0.717, 1.165) is 6.42 Å². The molecule has 0 saturated heterocycles. The number of allylic oxidation sites excluding steroid dienone is 5. The van der Waals surface area contributed by atoms with Crippen LogP contribution in [0.25, 0.3) is 0 Å². The van der Waals surface area contributed by atoms with Crippen LogP contribution in [0.4, 0.5) is 0 Å². The molecule has 180 valence electrons. The average Bonchev–Trinajstić information content (AvgIpc) is 3.09. The van der Waals surface area contributed by atoms with Crippen molar-refractivity contribution in [3.8, 4) is 0 Å². The van der Waals surface area contributed by atoms with E-state index in [9.17, 15) is 20.4 Å². The lowest BCUT2D eigenvalue weighted by atomic mass is 9.61. The van der Waals surface area contributed by atoms with Gasteiger partial charge in [0.1, 0.15) is 6.10 Å². The third-order valence-corrected chi connectivity index (χ3v) is 8.98. The summed E-state index contributed by atoms with van der Waals surface area (Å²) in [5, 5.41) is 40.3. The minimum absolute atomic E-state index is 0.0769. The maximum absolute atomic E-state index is 10.2. The largest absolute Gasteiger partial charge is 0.390 e. The van der Waals surface area contributed by atoms with Crippen LogP contribution in [0.5, 0.6) is 0 Å². The molecule has 0 heterocycles. The molecule has 3 aliphatic rings. The third kappa shape index (κ3) is 4.70. The van der Waals surface area contributed by atoms with Crippen LogP contribution in [0.1, 0.15) is 73.1 Å². The average molecular weight is 445 g/mol. The van der Waals surface area contributed by atoms with E-state index >= 15 is 0 Å². The quantitative estimate of drug-likeness (QED) is 0.359. The Labute approximate surface area is 194 Å². The number of aliphatic hydroxyl groups excluding tert-OH is 2. The van der Waals surface area contributed by atoms with Gasteiger partial charge in [-0.15, -0.1) is 0 Å². The highest BCUT2D eigenvalue weighted by Crippen LogP contribution is 2.59. The van der Waals surface area contributed by atoms with Crippen molar-refractivity contribution >= 4 is 0 Å². The Kier molecular flexibility index (Phi) is 7.61. The van der Waals surface area contributed by atoms with E-state index in [1.165, 1.54) is 31.3 Å². The summed E-state index contributed by atoms with van der Waals surface area (Å²) in [6.45, 7) is 15.5. The maximum Gasteiger partial charge on any atom is 0.219 e. The predicted molar refractivity (Wildman–Crippen MR) is 130 cm³/mol. The van der Waals surface area contributed by atoms with Crippen molar-refractivity contribution in [1.29, 1.82) is 0 Å². The summed E-state index contributed by atoms with van der Waals surface area (Å²) in [5.41, 5.74) is 2.38. The number of hydrogen-bond acceptors (Lipinski definition) is 4. The molecule has 4 heteroatoms. The van der Waals surface area contributed by atoms with Crippen LogP contribution in [0.15, 0.2) is 47.6 Å². The zero-order chi connectivity index (χ0) is 23.8. The zero-order valence-electron chi connectivity index (χ0n) is 20.6. The van der Waals surface area contributed by atoms with Gasteiger partial charge in [0.15, 0.2) is 0 Å². The van der Waals surface area contributed by atoms with E-state index in [1.54, 1.807) is 0 Å². The Hall–Kier alpha value is -1.20. The van der Waals surface area contributed by atoms with E-state index in [2.05, 4.69) is 59.4 Å². The molecule has 0 aromatic carbocycles. The number of hydrogen-bond donors (Lipinski definition) is 4. The molecule has 3 aliphatic carbocycles. The lowest BCUT2D eigenvalue weighted by molar-refractivity contribution is -0.227. The van der Waals surface area contributed by atoms with Gasteiger partial charge in [-0.2, -0.15) is 0 Å². The fraction of sp³-hybridized carbons (Fsp3) is 0.714. The first-order valence-electron chi connectivity index (χ1n) is 12.5. The molecule has 0 amide bonds. The molecule has 0 radical (unpaired) electrons. The fourth-order valence-electron chi connectivity index (χ4n) is 6.37. The molecule has 0 aromatic heterocycles. The lowest BCUT2D eigenvalue weighted by Crippen LogP contribution is -2.54. The van der Waals surface area contributed by atoms with Crippen molar-refractivity contribution < 1.29 is 20.4 Å². The molecule has 1 unspecified atom stereocenters. The third-order valence-electron chi connectivity index (χ3n) is 8.98. The smallest absolute Gasteiger partial charge is 0.219 e. The fourth-order valence-corrected chi connectivity index (χ4v) is 6.37. The topological polar surface area (TPSA) is 80.9 Å². The van der Waals surface area contributed by atoms with Crippen LogP contribution in [0, 0.1) is 35.0 Å². The van der Waals surface area contributed by atoms with E-state index in [0.29, 0.717) is 35.2 Å².